The minimum Gasteiger partial charge on any atom is -0.487 e. The fourth-order valence-corrected chi connectivity index (χ4v) is 2.99. The average molecular weight is 436 g/mol. The first kappa shape index (κ1) is 23.0. The number of ether oxygens (including phenoxy) is 1. The molecule has 29 heavy (non-hydrogen) atoms. The molecule has 1 amide bonds. The van der Waals surface area contributed by atoms with Gasteiger partial charge >= 0.3 is 0 Å². The van der Waals surface area contributed by atoms with E-state index in [9.17, 15) is 22.4 Å². The van der Waals surface area contributed by atoms with E-state index in [4.69, 9.17) is 16.3 Å². The summed E-state index contributed by atoms with van der Waals surface area (Å²) in [6, 6.07) is 0. The number of carbonyl (C=O) groups excluding carboxylic acids is 1. The molecular weight excluding hydrogens is 414 g/mol. The minimum absolute atomic E-state index is 0.0288. The zero-order chi connectivity index (χ0) is 21.9. The summed E-state index contributed by atoms with van der Waals surface area (Å²) in [4.78, 5) is 12.3. The van der Waals surface area contributed by atoms with Gasteiger partial charge in [0, 0.05) is 19.2 Å². The predicted octanol–water partition coefficient (Wildman–Crippen LogP) is 4.55. The Bertz CT molecular complexity index is 887. The lowest BCUT2D eigenvalue weighted by molar-refractivity contribution is 0.0940. The summed E-state index contributed by atoms with van der Waals surface area (Å²) in [6.07, 6.45) is 0.920. The summed E-state index contributed by atoms with van der Waals surface area (Å²) in [7, 11) is 1.48. The van der Waals surface area contributed by atoms with Crippen molar-refractivity contribution in [1.82, 2.24) is 15.1 Å². The highest BCUT2D eigenvalue weighted by Gasteiger charge is 2.28. The van der Waals surface area contributed by atoms with Gasteiger partial charge in [-0.15, -0.1) is 0 Å². The van der Waals surface area contributed by atoms with Crippen molar-refractivity contribution in [3.8, 4) is 5.75 Å². The molecule has 1 N–H and O–H groups in total. The molecule has 0 radical (unpaired) electrons. The SMILES string of the molecule is CCc1nn(C)c(C(=O)NCc2c(F)c(F)c(OCCC(C)C)c(F)c2F)c1Cl. The van der Waals surface area contributed by atoms with Crippen LogP contribution in [-0.2, 0) is 20.0 Å². The third-order valence-corrected chi connectivity index (χ3v) is 4.68. The number of aromatic nitrogens is 2. The number of halogens is 5. The van der Waals surface area contributed by atoms with E-state index in [2.05, 4.69) is 10.4 Å². The topological polar surface area (TPSA) is 56.2 Å². The van der Waals surface area contributed by atoms with Gasteiger partial charge in [0.05, 0.1) is 17.3 Å². The lowest BCUT2D eigenvalue weighted by Crippen LogP contribution is -2.27. The highest BCUT2D eigenvalue weighted by Crippen LogP contribution is 2.30. The fourth-order valence-electron chi connectivity index (χ4n) is 2.61. The Morgan fingerprint density at radius 2 is 1.76 bits per heavy atom. The smallest absolute Gasteiger partial charge is 0.271 e. The molecule has 0 spiro atoms. The Morgan fingerprint density at radius 3 is 2.24 bits per heavy atom. The van der Waals surface area contributed by atoms with E-state index in [1.807, 2.05) is 13.8 Å². The Kier molecular flexibility index (Phi) is 7.51. The quantitative estimate of drug-likeness (QED) is 0.489. The van der Waals surface area contributed by atoms with E-state index < -0.39 is 47.0 Å². The second kappa shape index (κ2) is 9.47. The zero-order valence-electron chi connectivity index (χ0n) is 16.5. The summed E-state index contributed by atoms with van der Waals surface area (Å²) in [5, 5.41) is 6.37. The standard InChI is InChI=1S/C19H22ClF4N3O2/c1-5-11-12(20)17(27(4)26-11)19(28)25-8-10-13(21)15(23)18(16(24)14(10)22)29-7-6-9(2)3/h9H,5-8H2,1-4H3,(H,25,28). The van der Waals surface area contributed by atoms with E-state index >= 15 is 0 Å². The third kappa shape index (κ3) is 4.83. The van der Waals surface area contributed by atoms with Crippen LogP contribution in [-0.4, -0.2) is 22.3 Å². The molecule has 2 aromatic rings. The molecule has 0 unspecified atom stereocenters. The molecule has 0 saturated heterocycles. The number of nitrogens with one attached hydrogen (secondary N) is 1. The molecule has 0 bridgehead atoms. The van der Waals surface area contributed by atoms with Crippen LogP contribution >= 0.6 is 11.6 Å². The summed E-state index contributed by atoms with van der Waals surface area (Å²) >= 11 is 6.08. The van der Waals surface area contributed by atoms with Gasteiger partial charge in [0.25, 0.3) is 5.91 Å². The van der Waals surface area contributed by atoms with E-state index in [0.29, 0.717) is 18.5 Å². The van der Waals surface area contributed by atoms with E-state index in [1.54, 1.807) is 6.92 Å². The normalized spacial score (nSPS) is 11.2. The van der Waals surface area contributed by atoms with Gasteiger partial charge in [-0.25, -0.2) is 8.78 Å². The monoisotopic (exact) mass is 435 g/mol. The van der Waals surface area contributed by atoms with Crippen molar-refractivity contribution in [1.29, 1.82) is 0 Å². The Balaban J connectivity index is 2.23. The molecule has 1 heterocycles. The zero-order valence-corrected chi connectivity index (χ0v) is 17.3. The lowest BCUT2D eigenvalue weighted by Gasteiger charge is -2.14. The first-order chi connectivity index (χ1) is 13.6. The van der Waals surface area contributed by atoms with E-state index in [1.165, 1.54) is 11.7 Å². The van der Waals surface area contributed by atoms with Gasteiger partial charge in [0.15, 0.2) is 17.4 Å². The molecule has 160 valence electrons. The Hall–Kier alpha value is -2.29. The van der Waals surface area contributed by atoms with Crippen LogP contribution in [0.15, 0.2) is 0 Å². The first-order valence-electron chi connectivity index (χ1n) is 9.07. The lowest BCUT2D eigenvalue weighted by atomic mass is 10.1. The summed E-state index contributed by atoms with van der Waals surface area (Å²) in [6.45, 7) is 4.62. The molecular formula is C19H22ClF4N3O2. The Labute approximate surface area is 171 Å². The summed E-state index contributed by atoms with van der Waals surface area (Å²) in [5.74, 6) is -8.28. The van der Waals surface area contributed by atoms with Crippen LogP contribution in [0.5, 0.6) is 5.75 Å². The number of nitrogens with zero attached hydrogens (tertiary/aromatic N) is 2. The van der Waals surface area contributed by atoms with Crippen LogP contribution in [0.25, 0.3) is 0 Å². The van der Waals surface area contributed by atoms with Crippen LogP contribution in [0.1, 0.15) is 48.9 Å². The number of aryl methyl sites for hydroxylation is 2. The number of hydrogen-bond acceptors (Lipinski definition) is 3. The van der Waals surface area contributed by atoms with Gasteiger partial charge in [-0.2, -0.15) is 13.9 Å². The van der Waals surface area contributed by atoms with Crippen LogP contribution in [0.2, 0.25) is 5.02 Å². The van der Waals surface area contributed by atoms with E-state index in [0.717, 1.165) is 0 Å². The molecule has 0 aliphatic heterocycles. The van der Waals surface area contributed by atoms with Crippen molar-refractivity contribution < 1.29 is 27.1 Å². The third-order valence-electron chi connectivity index (χ3n) is 4.29. The molecule has 0 saturated carbocycles. The molecule has 5 nitrogen and oxygen atoms in total. The number of carbonyl (C=O) groups is 1. The highest BCUT2D eigenvalue weighted by atomic mass is 35.5. The molecule has 10 heteroatoms. The number of hydrogen-bond donors (Lipinski definition) is 1. The number of rotatable bonds is 8. The highest BCUT2D eigenvalue weighted by molar-refractivity contribution is 6.34. The van der Waals surface area contributed by atoms with Crippen LogP contribution < -0.4 is 10.1 Å². The molecule has 0 atom stereocenters. The summed E-state index contributed by atoms with van der Waals surface area (Å²) in [5.41, 5.74) is -0.519. The first-order valence-corrected chi connectivity index (χ1v) is 9.44. The van der Waals surface area contributed by atoms with Gasteiger partial charge in [-0.05, 0) is 18.8 Å². The molecule has 2 rings (SSSR count). The second-order valence-electron chi connectivity index (χ2n) is 6.86. The molecule has 0 aliphatic rings. The molecule has 1 aromatic heterocycles. The maximum atomic E-state index is 14.3. The summed E-state index contributed by atoms with van der Waals surface area (Å²) < 4.78 is 63.1. The minimum atomic E-state index is -1.65. The van der Waals surface area contributed by atoms with Gasteiger partial charge in [0.1, 0.15) is 5.69 Å². The van der Waals surface area contributed by atoms with Gasteiger partial charge in [-0.1, -0.05) is 32.4 Å². The van der Waals surface area contributed by atoms with Crippen molar-refractivity contribution in [2.45, 2.75) is 40.2 Å². The Morgan fingerprint density at radius 1 is 1.17 bits per heavy atom. The largest absolute Gasteiger partial charge is 0.487 e. The van der Waals surface area contributed by atoms with Gasteiger partial charge in [0.2, 0.25) is 11.6 Å². The number of amides is 1. The maximum absolute atomic E-state index is 14.3. The fraction of sp³-hybridized carbons (Fsp3) is 0.474. The van der Waals surface area contributed by atoms with Crippen molar-refractivity contribution in [3.63, 3.8) is 0 Å². The van der Waals surface area contributed by atoms with Gasteiger partial charge in [-0.3, -0.25) is 9.48 Å². The average Bonchev–Trinajstić information content (AvgIpc) is 2.96. The van der Waals surface area contributed by atoms with Crippen molar-refractivity contribution >= 4 is 17.5 Å². The molecule has 0 aliphatic carbocycles. The van der Waals surface area contributed by atoms with Crippen molar-refractivity contribution in [3.05, 3.63) is 45.2 Å². The van der Waals surface area contributed by atoms with Gasteiger partial charge < -0.3 is 10.1 Å². The molecule has 1 aromatic carbocycles. The van der Waals surface area contributed by atoms with E-state index in [-0.39, 0.29) is 23.2 Å². The number of benzene rings is 1. The van der Waals surface area contributed by atoms with Crippen molar-refractivity contribution in [2.75, 3.05) is 6.61 Å². The predicted molar refractivity (Wildman–Crippen MR) is 100.0 cm³/mol. The molecule has 0 fully saturated rings. The second-order valence-corrected chi connectivity index (χ2v) is 7.24. The van der Waals surface area contributed by atoms with Crippen LogP contribution in [0, 0.1) is 29.2 Å². The van der Waals surface area contributed by atoms with Crippen LogP contribution in [0.4, 0.5) is 17.6 Å². The van der Waals surface area contributed by atoms with Crippen LogP contribution in [0.3, 0.4) is 0 Å². The van der Waals surface area contributed by atoms with Crippen molar-refractivity contribution in [2.24, 2.45) is 13.0 Å². The maximum Gasteiger partial charge on any atom is 0.271 e.